The van der Waals surface area contributed by atoms with Crippen LogP contribution in [0.2, 0.25) is 0 Å². The van der Waals surface area contributed by atoms with E-state index in [1.807, 2.05) is 0 Å². The maximum absolute atomic E-state index is 10.9. The lowest BCUT2D eigenvalue weighted by atomic mass is 9.89. The first-order valence-electron chi connectivity index (χ1n) is 6.08. The van der Waals surface area contributed by atoms with E-state index in [1.165, 1.54) is 25.2 Å². The molecule has 0 aromatic carbocycles. The minimum absolute atomic E-state index is 0.203. The smallest absolute Gasteiger partial charge is 0.339 e. The number of hydrogen-bond donors (Lipinski definition) is 1. The van der Waals surface area contributed by atoms with Crippen molar-refractivity contribution >= 4 is 5.97 Å². The van der Waals surface area contributed by atoms with Gasteiger partial charge in [0.2, 0.25) is 0 Å². The Morgan fingerprint density at radius 1 is 1.47 bits per heavy atom. The van der Waals surface area contributed by atoms with Gasteiger partial charge in [-0.2, -0.15) is 0 Å². The fourth-order valence-corrected chi connectivity index (χ4v) is 2.23. The van der Waals surface area contributed by atoms with Crippen LogP contribution in [0.5, 0.6) is 0 Å². The van der Waals surface area contributed by atoms with E-state index >= 15 is 0 Å². The monoisotopic (exact) mass is 238 g/mol. The lowest BCUT2D eigenvalue weighted by Gasteiger charge is -2.25. The Labute approximate surface area is 101 Å². The summed E-state index contributed by atoms with van der Waals surface area (Å²) in [5.41, 5.74) is 0.203. The standard InChI is InChI=1S/C13H18O4/c1-9-2-4-10(5-3-9)17-8-12-11(13(14)15)6-7-16-12/h6-7,9-10H,2-5,8H2,1H3,(H,14,15). The van der Waals surface area contributed by atoms with Crippen LogP contribution < -0.4 is 0 Å². The molecule has 1 aliphatic rings. The average molecular weight is 238 g/mol. The topological polar surface area (TPSA) is 59.7 Å². The summed E-state index contributed by atoms with van der Waals surface area (Å²) < 4.78 is 10.8. The van der Waals surface area contributed by atoms with Crippen molar-refractivity contribution in [1.82, 2.24) is 0 Å². The van der Waals surface area contributed by atoms with E-state index in [-0.39, 0.29) is 18.3 Å². The predicted octanol–water partition coefficient (Wildman–Crippen LogP) is 3.07. The van der Waals surface area contributed by atoms with Gasteiger partial charge in [-0.1, -0.05) is 6.92 Å². The zero-order chi connectivity index (χ0) is 12.3. The number of rotatable bonds is 4. The summed E-state index contributed by atoms with van der Waals surface area (Å²) in [6.45, 7) is 2.51. The minimum atomic E-state index is -0.963. The van der Waals surface area contributed by atoms with Crippen molar-refractivity contribution in [2.24, 2.45) is 5.92 Å². The second kappa shape index (κ2) is 5.36. The molecule has 0 spiro atoms. The third kappa shape index (κ3) is 3.09. The van der Waals surface area contributed by atoms with Crippen molar-refractivity contribution in [1.29, 1.82) is 0 Å². The molecule has 4 heteroatoms. The first-order chi connectivity index (χ1) is 8.16. The van der Waals surface area contributed by atoms with Crippen LogP contribution in [0.4, 0.5) is 0 Å². The zero-order valence-corrected chi connectivity index (χ0v) is 10.0. The van der Waals surface area contributed by atoms with Crippen molar-refractivity contribution in [2.75, 3.05) is 0 Å². The van der Waals surface area contributed by atoms with E-state index in [1.54, 1.807) is 0 Å². The summed E-state index contributed by atoms with van der Waals surface area (Å²) in [5.74, 6) is 0.235. The van der Waals surface area contributed by atoms with Gasteiger partial charge in [-0.3, -0.25) is 0 Å². The van der Waals surface area contributed by atoms with Gasteiger partial charge in [-0.05, 0) is 37.7 Å². The summed E-state index contributed by atoms with van der Waals surface area (Å²) in [5, 5.41) is 8.91. The molecule has 0 radical (unpaired) electrons. The maximum atomic E-state index is 10.9. The molecule has 1 saturated carbocycles. The second-order valence-electron chi connectivity index (χ2n) is 4.76. The van der Waals surface area contributed by atoms with Crippen LogP contribution >= 0.6 is 0 Å². The molecule has 1 heterocycles. The number of carbonyl (C=O) groups is 1. The second-order valence-corrected chi connectivity index (χ2v) is 4.76. The van der Waals surface area contributed by atoms with Crippen molar-refractivity contribution < 1.29 is 19.1 Å². The Morgan fingerprint density at radius 2 is 2.18 bits per heavy atom. The van der Waals surface area contributed by atoms with Crippen LogP contribution in [0.25, 0.3) is 0 Å². The number of carboxylic acid groups (broad SMARTS) is 1. The highest BCUT2D eigenvalue weighted by Crippen LogP contribution is 2.26. The van der Waals surface area contributed by atoms with E-state index in [4.69, 9.17) is 14.3 Å². The summed E-state index contributed by atoms with van der Waals surface area (Å²) in [4.78, 5) is 10.9. The van der Waals surface area contributed by atoms with Gasteiger partial charge in [0.25, 0.3) is 0 Å². The van der Waals surface area contributed by atoms with Gasteiger partial charge in [0.1, 0.15) is 17.9 Å². The Kier molecular flexibility index (Phi) is 3.84. The Bertz CT molecular complexity index is 375. The van der Waals surface area contributed by atoms with Crippen LogP contribution in [0.1, 0.15) is 48.7 Å². The molecule has 0 amide bonds. The molecule has 1 N–H and O–H groups in total. The van der Waals surface area contributed by atoms with Gasteiger partial charge in [0.05, 0.1) is 12.4 Å². The van der Waals surface area contributed by atoms with Crippen molar-refractivity contribution in [3.05, 3.63) is 23.7 Å². The summed E-state index contributed by atoms with van der Waals surface area (Å²) in [6, 6.07) is 1.46. The molecule has 1 aliphatic carbocycles. The highest BCUT2D eigenvalue weighted by atomic mass is 16.5. The summed E-state index contributed by atoms with van der Waals surface area (Å²) in [6.07, 6.45) is 6.14. The van der Waals surface area contributed by atoms with Crippen LogP contribution in [0.15, 0.2) is 16.7 Å². The third-order valence-electron chi connectivity index (χ3n) is 3.39. The molecule has 0 unspecified atom stereocenters. The molecule has 4 nitrogen and oxygen atoms in total. The van der Waals surface area contributed by atoms with Crippen LogP contribution in [0.3, 0.4) is 0 Å². The Balaban J connectivity index is 1.85. The minimum Gasteiger partial charge on any atom is -0.478 e. The zero-order valence-electron chi connectivity index (χ0n) is 10.0. The summed E-state index contributed by atoms with van der Waals surface area (Å²) >= 11 is 0. The molecule has 2 rings (SSSR count). The predicted molar refractivity (Wildman–Crippen MR) is 61.9 cm³/mol. The van der Waals surface area contributed by atoms with E-state index in [0.717, 1.165) is 18.8 Å². The van der Waals surface area contributed by atoms with Crippen molar-refractivity contribution in [3.63, 3.8) is 0 Å². The summed E-state index contributed by atoms with van der Waals surface area (Å²) in [7, 11) is 0. The molecular weight excluding hydrogens is 220 g/mol. The van der Waals surface area contributed by atoms with E-state index < -0.39 is 5.97 Å². The number of ether oxygens (including phenoxy) is 1. The van der Waals surface area contributed by atoms with Gasteiger partial charge in [0.15, 0.2) is 0 Å². The number of carboxylic acids is 1. The molecular formula is C13H18O4. The van der Waals surface area contributed by atoms with Crippen LogP contribution in [0, 0.1) is 5.92 Å². The SMILES string of the molecule is CC1CCC(OCc2occc2C(=O)O)CC1. The van der Waals surface area contributed by atoms with Crippen LogP contribution in [-0.4, -0.2) is 17.2 Å². The number of furan rings is 1. The molecule has 17 heavy (non-hydrogen) atoms. The first kappa shape index (κ1) is 12.2. The molecule has 1 aromatic heterocycles. The van der Waals surface area contributed by atoms with E-state index in [9.17, 15) is 4.79 Å². The van der Waals surface area contributed by atoms with Crippen molar-refractivity contribution in [3.8, 4) is 0 Å². The van der Waals surface area contributed by atoms with E-state index in [2.05, 4.69) is 6.92 Å². The molecule has 0 bridgehead atoms. The molecule has 0 atom stereocenters. The lowest BCUT2D eigenvalue weighted by Crippen LogP contribution is -2.20. The van der Waals surface area contributed by atoms with Gasteiger partial charge >= 0.3 is 5.97 Å². The van der Waals surface area contributed by atoms with E-state index in [0.29, 0.717) is 5.76 Å². The fraction of sp³-hybridized carbons (Fsp3) is 0.615. The fourth-order valence-electron chi connectivity index (χ4n) is 2.23. The maximum Gasteiger partial charge on any atom is 0.339 e. The normalized spacial score (nSPS) is 24.8. The quantitative estimate of drug-likeness (QED) is 0.875. The average Bonchev–Trinajstić information content (AvgIpc) is 2.76. The molecule has 1 fully saturated rings. The molecule has 0 aliphatic heterocycles. The lowest BCUT2D eigenvalue weighted by molar-refractivity contribution is 0.000627. The van der Waals surface area contributed by atoms with Crippen molar-refractivity contribution in [2.45, 2.75) is 45.3 Å². The van der Waals surface area contributed by atoms with Gasteiger partial charge in [0, 0.05) is 0 Å². The number of hydrogen-bond acceptors (Lipinski definition) is 3. The Morgan fingerprint density at radius 3 is 2.82 bits per heavy atom. The largest absolute Gasteiger partial charge is 0.478 e. The van der Waals surface area contributed by atoms with Gasteiger partial charge in [-0.25, -0.2) is 4.79 Å². The molecule has 94 valence electrons. The molecule has 1 aromatic rings. The highest BCUT2D eigenvalue weighted by molar-refractivity contribution is 5.88. The first-order valence-corrected chi connectivity index (χ1v) is 6.08. The highest BCUT2D eigenvalue weighted by Gasteiger charge is 2.20. The Hall–Kier alpha value is -1.29. The van der Waals surface area contributed by atoms with Crippen LogP contribution in [-0.2, 0) is 11.3 Å². The third-order valence-corrected chi connectivity index (χ3v) is 3.39. The van der Waals surface area contributed by atoms with Gasteiger partial charge < -0.3 is 14.3 Å². The number of aromatic carboxylic acids is 1. The molecule has 0 saturated heterocycles. The van der Waals surface area contributed by atoms with Gasteiger partial charge in [-0.15, -0.1) is 0 Å².